The minimum absolute atomic E-state index is 0.0107. The summed E-state index contributed by atoms with van der Waals surface area (Å²) in [5.74, 6) is 0.0902. The Bertz CT molecular complexity index is 845. The van der Waals surface area contributed by atoms with E-state index >= 15 is 0 Å². The molecular weight excluding hydrogens is 362 g/mol. The Morgan fingerprint density at radius 1 is 1.00 bits per heavy atom. The van der Waals surface area contributed by atoms with Crippen LogP contribution < -0.4 is 5.32 Å². The van der Waals surface area contributed by atoms with Gasteiger partial charge in [-0.25, -0.2) is 0 Å². The number of hydrogen-bond donors (Lipinski definition) is 1. The van der Waals surface area contributed by atoms with Crippen LogP contribution in [-0.2, 0) is 16.0 Å². The first-order valence-corrected chi connectivity index (χ1v) is 10.5. The number of piperidine rings is 1. The molecule has 2 aromatic carbocycles. The second-order valence-electron chi connectivity index (χ2n) is 8.26. The number of hydrogen-bond acceptors (Lipinski definition) is 3. The first-order valence-electron chi connectivity index (χ1n) is 10.5. The van der Waals surface area contributed by atoms with Crippen LogP contribution in [0.15, 0.2) is 60.7 Å². The molecule has 1 atom stereocenters. The van der Waals surface area contributed by atoms with Gasteiger partial charge in [0, 0.05) is 26.1 Å². The molecule has 2 heterocycles. The number of nitrogens with zero attached hydrogens (tertiary/aromatic N) is 2. The number of rotatable bonds is 6. The van der Waals surface area contributed by atoms with Crippen molar-refractivity contribution in [1.29, 1.82) is 0 Å². The maximum atomic E-state index is 13.7. The average molecular weight is 392 g/mol. The molecule has 2 fully saturated rings. The number of carbonyl (C=O) groups excluding carboxylic acids is 2. The average Bonchev–Trinajstić information content (AvgIpc) is 2.75. The molecule has 152 valence electrons. The number of benzene rings is 2. The maximum Gasteiger partial charge on any atom is 0.246 e. The third-order valence-corrected chi connectivity index (χ3v) is 6.39. The summed E-state index contributed by atoms with van der Waals surface area (Å²) in [6.07, 6.45) is 2.65. The monoisotopic (exact) mass is 391 g/mol. The van der Waals surface area contributed by atoms with Crippen molar-refractivity contribution in [3.8, 4) is 0 Å². The van der Waals surface area contributed by atoms with Crippen LogP contribution in [0.3, 0.4) is 0 Å². The minimum atomic E-state index is -0.717. The highest BCUT2D eigenvalue weighted by atomic mass is 16.2. The predicted octanol–water partition coefficient (Wildman–Crippen LogP) is 2.78. The van der Waals surface area contributed by atoms with E-state index in [9.17, 15) is 9.59 Å². The molecule has 4 rings (SSSR count). The summed E-state index contributed by atoms with van der Waals surface area (Å²) in [5.41, 5.74) is 1.55. The minimum Gasteiger partial charge on any atom is -0.347 e. The third kappa shape index (κ3) is 4.06. The van der Waals surface area contributed by atoms with Gasteiger partial charge in [-0.1, -0.05) is 60.7 Å². The molecule has 0 radical (unpaired) electrons. The largest absolute Gasteiger partial charge is 0.347 e. The highest BCUT2D eigenvalue weighted by Gasteiger charge is 2.51. The highest BCUT2D eigenvalue weighted by Crippen LogP contribution is 2.34. The van der Waals surface area contributed by atoms with E-state index in [2.05, 4.69) is 41.5 Å². The summed E-state index contributed by atoms with van der Waals surface area (Å²) >= 11 is 0. The zero-order valence-corrected chi connectivity index (χ0v) is 17.0. The van der Waals surface area contributed by atoms with Gasteiger partial charge in [0.25, 0.3) is 0 Å². The van der Waals surface area contributed by atoms with Crippen LogP contribution in [0, 0.1) is 0 Å². The zero-order valence-electron chi connectivity index (χ0n) is 17.0. The topological polar surface area (TPSA) is 52.7 Å². The molecule has 2 saturated heterocycles. The van der Waals surface area contributed by atoms with Crippen molar-refractivity contribution in [2.75, 3.05) is 26.7 Å². The van der Waals surface area contributed by atoms with Crippen LogP contribution in [0.4, 0.5) is 0 Å². The molecule has 5 nitrogen and oxygen atoms in total. The van der Waals surface area contributed by atoms with E-state index in [0.29, 0.717) is 25.8 Å². The molecule has 0 bridgehead atoms. The summed E-state index contributed by atoms with van der Waals surface area (Å²) in [6.45, 7) is 2.34. The van der Waals surface area contributed by atoms with Gasteiger partial charge in [-0.15, -0.1) is 0 Å². The molecule has 5 heteroatoms. The zero-order chi connectivity index (χ0) is 20.3. The molecule has 2 aromatic rings. The van der Waals surface area contributed by atoms with Crippen LogP contribution in [-0.4, -0.2) is 53.8 Å². The summed E-state index contributed by atoms with van der Waals surface area (Å²) in [6, 6.07) is 20.2. The molecule has 2 aliphatic rings. The summed E-state index contributed by atoms with van der Waals surface area (Å²) in [4.78, 5) is 30.0. The van der Waals surface area contributed by atoms with Gasteiger partial charge < -0.3 is 15.1 Å². The Hall–Kier alpha value is -2.66. The maximum absolute atomic E-state index is 13.7. The van der Waals surface area contributed by atoms with Crippen LogP contribution >= 0.6 is 0 Å². The van der Waals surface area contributed by atoms with Gasteiger partial charge >= 0.3 is 0 Å². The van der Waals surface area contributed by atoms with E-state index in [4.69, 9.17) is 0 Å². The first kappa shape index (κ1) is 19.6. The third-order valence-electron chi connectivity index (χ3n) is 6.39. The van der Waals surface area contributed by atoms with Crippen molar-refractivity contribution in [2.45, 2.75) is 37.3 Å². The van der Waals surface area contributed by atoms with Gasteiger partial charge in [0.1, 0.15) is 5.54 Å². The first-order chi connectivity index (χ1) is 14.1. The fourth-order valence-corrected chi connectivity index (χ4v) is 4.46. The van der Waals surface area contributed by atoms with Gasteiger partial charge in [0.05, 0.1) is 6.04 Å². The number of amides is 2. The fraction of sp³-hybridized carbons (Fsp3) is 0.417. The molecule has 1 N–H and O–H groups in total. The van der Waals surface area contributed by atoms with Gasteiger partial charge in [-0.3, -0.25) is 9.59 Å². The summed E-state index contributed by atoms with van der Waals surface area (Å²) in [5, 5.41) is 3.33. The van der Waals surface area contributed by atoms with Crippen molar-refractivity contribution in [2.24, 2.45) is 0 Å². The van der Waals surface area contributed by atoms with Gasteiger partial charge in [0.15, 0.2) is 0 Å². The van der Waals surface area contributed by atoms with Crippen LogP contribution in [0.1, 0.15) is 36.4 Å². The summed E-state index contributed by atoms with van der Waals surface area (Å²) < 4.78 is 0. The molecule has 2 aliphatic heterocycles. The standard InChI is InChI=1S/C24H29N3O2/c1-26-16-13-24(14-17-26,27-15-12-22(27)28)23(29)25-21(20-10-6-3-7-11-20)18-19-8-4-2-5-9-19/h2-11,21H,12-18H2,1H3,(H,25,29). The molecular formula is C24H29N3O2. The van der Waals surface area contributed by atoms with Gasteiger partial charge in [0.2, 0.25) is 11.8 Å². The van der Waals surface area contributed by atoms with E-state index in [1.807, 2.05) is 41.3 Å². The second-order valence-corrected chi connectivity index (χ2v) is 8.26. The van der Waals surface area contributed by atoms with Crippen molar-refractivity contribution in [1.82, 2.24) is 15.1 Å². The lowest BCUT2D eigenvalue weighted by molar-refractivity contribution is -0.161. The van der Waals surface area contributed by atoms with E-state index in [-0.39, 0.29) is 17.9 Å². The van der Waals surface area contributed by atoms with E-state index in [1.165, 1.54) is 5.56 Å². The van der Waals surface area contributed by atoms with Crippen LogP contribution in [0.5, 0.6) is 0 Å². The summed E-state index contributed by atoms with van der Waals surface area (Å²) in [7, 11) is 2.07. The molecule has 0 aliphatic carbocycles. The lowest BCUT2D eigenvalue weighted by Gasteiger charge is -2.51. The van der Waals surface area contributed by atoms with Crippen molar-refractivity contribution in [3.63, 3.8) is 0 Å². The normalized spacial score (nSPS) is 20.0. The lowest BCUT2D eigenvalue weighted by Crippen LogP contribution is -2.68. The van der Waals surface area contributed by atoms with Gasteiger partial charge in [-0.2, -0.15) is 0 Å². The SMILES string of the molecule is CN1CCC(C(=O)NC(Cc2ccccc2)c2ccccc2)(N2CCC2=O)CC1. The van der Waals surface area contributed by atoms with E-state index in [1.54, 1.807) is 0 Å². The molecule has 2 amide bonds. The highest BCUT2D eigenvalue weighted by molar-refractivity contribution is 5.94. The molecule has 29 heavy (non-hydrogen) atoms. The van der Waals surface area contributed by atoms with Crippen LogP contribution in [0.2, 0.25) is 0 Å². The quantitative estimate of drug-likeness (QED) is 0.771. The van der Waals surface area contributed by atoms with E-state index < -0.39 is 5.54 Å². The number of nitrogens with one attached hydrogen (secondary N) is 1. The molecule has 1 unspecified atom stereocenters. The second kappa shape index (κ2) is 8.37. The molecule has 0 saturated carbocycles. The number of β-lactam (4-membered cyclic amide) rings is 1. The molecule has 0 spiro atoms. The Morgan fingerprint density at radius 2 is 1.62 bits per heavy atom. The van der Waals surface area contributed by atoms with Crippen molar-refractivity contribution >= 4 is 11.8 Å². The Labute approximate surface area is 172 Å². The molecule has 0 aromatic heterocycles. The Kier molecular flexibility index (Phi) is 5.67. The predicted molar refractivity (Wildman–Crippen MR) is 113 cm³/mol. The fourth-order valence-electron chi connectivity index (χ4n) is 4.46. The Balaban J connectivity index is 1.59. The smallest absolute Gasteiger partial charge is 0.246 e. The van der Waals surface area contributed by atoms with E-state index in [0.717, 1.165) is 25.1 Å². The van der Waals surface area contributed by atoms with Crippen molar-refractivity contribution < 1.29 is 9.59 Å². The lowest BCUT2D eigenvalue weighted by atomic mass is 9.81. The Morgan fingerprint density at radius 3 is 2.17 bits per heavy atom. The number of carbonyl (C=O) groups is 2. The number of likely N-dealkylation sites (tertiary alicyclic amines) is 2. The van der Waals surface area contributed by atoms with Crippen LogP contribution in [0.25, 0.3) is 0 Å². The van der Waals surface area contributed by atoms with Gasteiger partial charge in [-0.05, 0) is 37.4 Å². The van der Waals surface area contributed by atoms with Crippen molar-refractivity contribution in [3.05, 3.63) is 71.8 Å².